The Kier molecular flexibility index (Phi) is 7.65. The van der Waals surface area contributed by atoms with Gasteiger partial charge in [-0.05, 0) is 12.8 Å². The molecule has 17 heavy (non-hydrogen) atoms. The van der Waals surface area contributed by atoms with Crippen molar-refractivity contribution < 1.29 is 19.4 Å². The summed E-state index contributed by atoms with van der Waals surface area (Å²) in [6.45, 7) is -0.198. The Morgan fingerprint density at radius 1 is 1.47 bits per heavy atom. The molecule has 0 aromatic heterocycles. The van der Waals surface area contributed by atoms with Crippen LogP contribution in [0.15, 0.2) is 4.99 Å². The molecule has 0 aliphatic carbocycles. The van der Waals surface area contributed by atoms with Crippen LogP contribution in [0.2, 0.25) is 0 Å². The van der Waals surface area contributed by atoms with Crippen LogP contribution >= 0.6 is 0 Å². The third kappa shape index (κ3) is 7.25. The van der Waals surface area contributed by atoms with Gasteiger partial charge in [0.05, 0.1) is 6.61 Å². The number of aldehydes is 1. The van der Waals surface area contributed by atoms with Gasteiger partial charge < -0.3 is 27.0 Å². The van der Waals surface area contributed by atoms with Crippen LogP contribution in [0.1, 0.15) is 12.8 Å². The van der Waals surface area contributed by atoms with Crippen molar-refractivity contribution in [3.63, 3.8) is 0 Å². The van der Waals surface area contributed by atoms with Crippen molar-refractivity contribution in [1.82, 2.24) is 0 Å². The van der Waals surface area contributed by atoms with Crippen molar-refractivity contribution in [1.29, 1.82) is 0 Å². The van der Waals surface area contributed by atoms with Gasteiger partial charge in [-0.25, -0.2) is 0 Å². The third-order valence-corrected chi connectivity index (χ3v) is 1.87. The molecule has 7 N–H and O–H groups in total. The Morgan fingerprint density at radius 2 is 2.12 bits per heavy atom. The molecular weight excluding hydrogens is 228 g/mol. The molecule has 0 fully saturated rings. The lowest BCUT2D eigenvalue weighted by atomic mass is 10.2. The van der Waals surface area contributed by atoms with Gasteiger partial charge in [-0.15, -0.1) is 0 Å². The summed E-state index contributed by atoms with van der Waals surface area (Å²) in [5, 5.41) is 8.64. The Bertz CT molecular complexity index is 278. The molecule has 0 spiro atoms. The molecule has 0 aliphatic rings. The molecule has 0 aromatic rings. The topological polar surface area (TPSA) is 154 Å². The number of esters is 1. The Labute approximate surface area is 98.8 Å². The van der Waals surface area contributed by atoms with Gasteiger partial charge in [-0.1, -0.05) is 0 Å². The van der Waals surface area contributed by atoms with Crippen molar-refractivity contribution in [2.24, 2.45) is 22.2 Å². The maximum atomic E-state index is 11.3. The molecule has 0 amide bonds. The van der Waals surface area contributed by atoms with Gasteiger partial charge in [0.25, 0.3) is 0 Å². The highest BCUT2D eigenvalue weighted by atomic mass is 16.6. The Morgan fingerprint density at radius 3 is 2.59 bits per heavy atom. The van der Waals surface area contributed by atoms with Crippen LogP contribution in [0.5, 0.6) is 0 Å². The zero-order valence-electron chi connectivity index (χ0n) is 9.41. The normalized spacial score (nSPS) is 13.5. The number of nitrogens with two attached hydrogens (primary N) is 3. The Hall–Kier alpha value is -1.67. The highest BCUT2D eigenvalue weighted by Crippen LogP contribution is 1.99. The number of aliphatic imine (C=N–C) groups is 1. The van der Waals surface area contributed by atoms with Crippen molar-refractivity contribution in [3.8, 4) is 0 Å². The standard InChI is InChI=1S/C9H18N4O4/c10-7(2-1-3-13-9(11)12)8(16)17-6(4-14)5-15/h4,6-7,15H,1-3,5,10H2,(H4,11,12,13)/t6?,7-/m0/s1. The van der Waals surface area contributed by atoms with Crippen molar-refractivity contribution >= 4 is 18.2 Å². The van der Waals surface area contributed by atoms with E-state index < -0.39 is 24.7 Å². The van der Waals surface area contributed by atoms with Gasteiger partial charge in [-0.2, -0.15) is 0 Å². The van der Waals surface area contributed by atoms with Crippen LogP contribution in [0.3, 0.4) is 0 Å². The number of aliphatic hydroxyl groups excluding tert-OH is 1. The van der Waals surface area contributed by atoms with Crippen LogP contribution in [0, 0.1) is 0 Å². The number of ether oxygens (including phenoxy) is 1. The van der Waals surface area contributed by atoms with Gasteiger partial charge in [0.2, 0.25) is 0 Å². The maximum absolute atomic E-state index is 11.3. The van der Waals surface area contributed by atoms with Gasteiger partial charge in [0, 0.05) is 6.54 Å². The van der Waals surface area contributed by atoms with E-state index in [0.29, 0.717) is 25.7 Å². The summed E-state index contributed by atoms with van der Waals surface area (Å²) in [5.41, 5.74) is 15.7. The van der Waals surface area contributed by atoms with E-state index in [1.165, 1.54) is 0 Å². The van der Waals surface area contributed by atoms with Crippen LogP contribution in [0.25, 0.3) is 0 Å². The van der Waals surface area contributed by atoms with Crippen LogP contribution < -0.4 is 17.2 Å². The first-order valence-corrected chi connectivity index (χ1v) is 5.08. The number of hydrogen-bond acceptors (Lipinski definition) is 6. The lowest BCUT2D eigenvalue weighted by Gasteiger charge is -2.13. The quantitative estimate of drug-likeness (QED) is 0.121. The minimum atomic E-state index is -1.16. The number of carbonyl (C=O) groups is 2. The molecule has 1 unspecified atom stereocenters. The van der Waals surface area contributed by atoms with E-state index in [9.17, 15) is 9.59 Å². The first-order valence-electron chi connectivity index (χ1n) is 5.08. The maximum Gasteiger partial charge on any atom is 0.323 e. The lowest BCUT2D eigenvalue weighted by molar-refractivity contribution is -0.155. The number of hydrogen-bond donors (Lipinski definition) is 4. The predicted octanol–water partition coefficient (Wildman–Crippen LogP) is -2.53. The van der Waals surface area contributed by atoms with E-state index in [-0.39, 0.29) is 5.96 Å². The second kappa shape index (κ2) is 8.48. The average molecular weight is 246 g/mol. The summed E-state index contributed by atoms with van der Waals surface area (Å²) in [4.78, 5) is 25.3. The predicted molar refractivity (Wildman–Crippen MR) is 60.9 cm³/mol. The molecule has 8 nitrogen and oxygen atoms in total. The summed E-state index contributed by atoms with van der Waals surface area (Å²) in [6.07, 6.45) is 0.0154. The van der Waals surface area contributed by atoms with E-state index in [4.69, 9.17) is 22.3 Å². The van der Waals surface area contributed by atoms with Crippen LogP contribution in [-0.2, 0) is 14.3 Å². The second-order valence-electron chi connectivity index (χ2n) is 3.35. The van der Waals surface area contributed by atoms with Gasteiger partial charge >= 0.3 is 5.97 Å². The second-order valence-corrected chi connectivity index (χ2v) is 3.35. The van der Waals surface area contributed by atoms with E-state index in [1.807, 2.05) is 0 Å². The number of rotatable bonds is 8. The molecule has 0 rings (SSSR count). The van der Waals surface area contributed by atoms with Crippen molar-refractivity contribution in [2.75, 3.05) is 13.2 Å². The fraction of sp³-hybridized carbons (Fsp3) is 0.667. The van der Waals surface area contributed by atoms with Crippen molar-refractivity contribution in [3.05, 3.63) is 0 Å². The summed E-state index contributed by atoms with van der Waals surface area (Å²) >= 11 is 0. The number of carbonyl (C=O) groups excluding carboxylic acids is 2. The lowest BCUT2D eigenvalue weighted by Crippen LogP contribution is -2.36. The van der Waals surface area contributed by atoms with E-state index in [0.717, 1.165) is 0 Å². The molecule has 8 heteroatoms. The average Bonchev–Trinajstić information content (AvgIpc) is 2.30. The molecule has 0 saturated heterocycles. The summed E-state index contributed by atoms with van der Waals surface area (Å²) in [7, 11) is 0. The molecule has 0 radical (unpaired) electrons. The summed E-state index contributed by atoms with van der Waals surface area (Å²) < 4.78 is 4.62. The van der Waals surface area contributed by atoms with Gasteiger partial charge in [0.15, 0.2) is 18.3 Å². The van der Waals surface area contributed by atoms with Crippen molar-refractivity contribution in [2.45, 2.75) is 25.0 Å². The molecule has 0 aromatic carbocycles. The fourth-order valence-electron chi connectivity index (χ4n) is 0.982. The number of nitrogens with zero attached hydrogens (tertiary/aromatic N) is 1. The Balaban J connectivity index is 3.89. The highest BCUT2D eigenvalue weighted by Gasteiger charge is 2.18. The van der Waals surface area contributed by atoms with E-state index >= 15 is 0 Å². The molecule has 0 bridgehead atoms. The minimum absolute atomic E-state index is 0.0255. The molecule has 0 aliphatic heterocycles. The molecule has 2 atom stereocenters. The number of guanidine groups is 1. The van der Waals surface area contributed by atoms with Crippen LogP contribution in [0.4, 0.5) is 0 Å². The fourth-order valence-corrected chi connectivity index (χ4v) is 0.982. The highest BCUT2D eigenvalue weighted by molar-refractivity contribution is 5.77. The summed E-state index contributed by atoms with van der Waals surface area (Å²) in [5.74, 6) is -0.761. The van der Waals surface area contributed by atoms with Gasteiger partial charge in [0.1, 0.15) is 6.04 Å². The molecule has 0 heterocycles. The van der Waals surface area contributed by atoms with E-state index in [1.54, 1.807) is 0 Å². The zero-order valence-corrected chi connectivity index (χ0v) is 9.41. The zero-order chi connectivity index (χ0) is 13.3. The molecule has 98 valence electrons. The third-order valence-electron chi connectivity index (χ3n) is 1.87. The van der Waals surface area contributed by atoms with E-state index in [2.05, 4.69) is 9.73 Å². The largest absolute Gasteiger partial charge is 0.451 e. The molecular formula is C9H18N4O4. The smallest absolute Gasteiger partial charge is 0.323 e. The SMILES string of the molecule is NC(N)=NCCC[C@H](N)C(=O)OC(C=O)CO. The monoisotopic (exact) mass is 246 g/mol. The minimum Gasteiger partial charge on any atom is -0.451 e. The van der Waals surface area contributed by atoms with Gasteiger partial charge in [-0.3, -0.25) is 14.6 Å². The summed E-state index contributed by atoms with van der Waals surface area (Å²) in [6, 6.07) is -0.863. The molecule has 0 saturated carbocycles. The number of aliphatic hydroxyl groups is 1. The van der Waals surface area contributed by atoms with Crippen LogP contribution in [-0.4, -0.2) is 48.6 Å². The first-order chi connectivity index (χ1) is 8.01. The first kappa shape index (κ1) is 15.3.